The molecule has 0 aromatic carbocycles. The van der Waals surface area contributed by atoms with E-state index in [4.69, 9.17) is 9.47 Å². The van der Waals surface area contributed by atoms with Crippen LogP contribution in [0.15, 0.2) is 11.6 Å². The van der Waals surface area contributed by atoms with Crippen molar-refractivity contribution in [3.63, 3.8) is 0 Å². The van der Waals surface area contributed by atoms with Crippen molar-refractivity contribution >= 4 is 0 Å². The van der Waals surface area contributed by atoms with Crippen molar-refractivity contribution in [2.45, 2.75) is 26.2 Å². The van der Waals surface area contributed by atoms with Crippen LogP contribution in [-0.2, 0) is 9.47 Å². The summed E-state index contributed by atoms with van der Waals surface area (Å²) in [5.74, 6) is 0. The molecule has 0 saturated heterocycles. The molecule has 0 aromatic rings. The van der Waals surface area contributed by atoms with E-state index in [1.807, 2.05) is 0 Å². The van der Waals surface area contributed by atoms with Crippen molar-refractivity contribution in [1.82, 2.24) is 5.32 Å². The SMILES string of the molecule is CCCCOCCNCC1=CCCOC1. The van der Waals surface area contributed by atoms with E-state index in [2.05, 4.69) is 18.3 Å². The molecule has 1 heterocycles. The fourth-order valence-electron chi connectivity index (χ4n) is 1.47. The van der Waals surface area contributed by atoms with Crippen LogP contribution in [0.5, 0.6) is 0 Å². The lowest BCUT2D eigenvalue weighted by Gasteiger charge is -2.14. The molecule has 1 aliphatic heterocycles. The maximum Gasteiger partial charge on any atom is 0.0689 e. The average Bonchev–Trinajstić information content (AvgIpc) is 2.29. The molecular weight excluding hydrogens is 190 g/mol. The molecule has 88 valence electrons. The molecular formula is C12H23NO2. The van der Waals surface area contributed by atoms with Crippen LogP contribution in [0.1, 0.15) is 26.2 Å². The van der Waals surface area contributed by atoms with Crippen LogP contribution in [0, 0.1) is 0 Å². The summed E-state index contributed by atoms with van der Waals surface area (Å²) in [6.07, 6.45) is 5.70. The van der Waals surface area contributed by atoms with Gasteiger partial charge in [0.1, 0.15) is 0 Å². The third-order valence-electron chi connectivity index (χ3n) is 2.40. The maximum absolute atomic E-state index is 5.45. The van der Waals surface area contributed by atoms with Crippen molar-refractivity contribution in [2.75, 3.05) is 39.5 Å². The Bertz CT molecular complexity index is 180. The number of unbranched alkanes of at least 4 members (excludes halogenated alkanes) is 1. The second-order valence-electron chi connectivity index (χ2n) is 3.85. The van der Waals surface area contributed by atoms with Gasteiger partial charge in [0.15, 0.2) is 0 Å². The van der Waals surface area contributed by atoms with Crippen LogP contribution < -0.4 is 5.32 Å². The molecule has 1 N–H and O–H groups in total. The van der Waals surface area contributed by atoms with Gasteiger partial charge in [-0.3, -0.25) is 0 Å². The van der Waals surface area contributed by atoms with Gasteiger partial charge < -0.3 is 14.8 Å². The summed E-state index contributed by atoms with van der Waals surface area (Å²) in [7, 11) is 0. The number of hydrogen-bond donors (Lipinski definition) is 1. The van der Waals surface area contributed by atoms with E-state index in [1.165, 1.54) is 18.4 Å². The van der Waals surface area contributed by atoms with Gasteiger partial charge >= 0.3 is 0 Å². The molecule has 0 aliphatic carbocycles. The first-order valence-corrected chi connectivity index (χ1v) is 5.97. The predicted octanol–water partition coefficient (Wildman–Crippen LogP) is 1.74. The topological polar surface area (TPSA) is 30.5 Å². The van der Waals surface area contributed by atoms with Gasteiger partial charge in [0.25, 0.3) is 0 Å². The van der Waals surface area contributed by atoms with Crippen LogP contribution in [0.2, 0.25) is 0 Å². The number of nitrogens with one attached hydrogen (secondary N) is 1. The standard InChI is InChI=1S/C12H23NO2/c1-2-3-7-14-9-6-13-10-12-5-4-8-15-11-12/h5,13H,2-4,6-11H2,1H3. The normalized spacial score (nSPS) is 16.5. The van der Waals surface area contributed by atoms with E-state index < -0.39 is 0 Å². The van der Waals surface area contributed by atoms with Crippen LogP contribution in [0.3, 0.4) is 0 Å². The first kappa shape index (κ1) is 12.7. The van der Waals surface area contributed by atoms with E-state index in [0.717, 1.165) is 45.9 Å². The molecule has 3 nitrogen and oxygen atoms in total. The van der Waals surface area contributed by atoms with Gasteiger partial charge in [0.05, 0.1) is 19.8 Å². The van der Waals surface area contributed by atoms with Gasteiger partial charge in [0.2, 0.25) is 0 Å². The summed E-state index contributed by atoms with van der Waals surface area (Å²) in [5.41, 5.74) is 1.37. The van der Waals surface area contributed by atoms with Gasteiger partial charge in [-0.05, 0) is 18.4 Å². The molecule has 1 aliphatic rings. The Hall–Kier alpha value is -0.380. The Labute approximate surface area is 92.8 Å². The van der Waals surface area contributed by atoms with Crippen LogP contribution >= 0.6 is 0 Å². The molecule has 0 unspecified atom stereocenters. The third-order valence-corrected chi connectivity index (χ3v) is 2.40. The summed E-state index contributed by atoms with van der Waals surface area (Å²) >= 11 is 0. The fourth-order valence-corrected chi connectivity index (χ4v) is 1.47. The van der Waals surface area contributed by atoms with E-state index in [0.29, 0.717) is 0 Å². The van der Waals surface area contributed by atoms with Gasteiger partial charge in [-0.2, -0.15) is 0 Å². The van der Waals surface area contributed by atoms with Crippen LogP contribution in [-0.4, -0.2) is 39.5 Å². The zero-order valence-electron chi connectivity index (χ0n) is 9.76. The number of rotatable bonds is 8. The van der Waals surface area contributed by atoms with Gasteiger partial charge in [-0.1, -0.05) is 19.4 Å². The minimum atomic E-state index is 0.795. The van der Waals surface area contributed by atoms with E-state index in [9.17, 15) is 0 Å². The molecule has 0 radical (unpaired) electrons. The van der Waals surface area contributed by atoms with E-state index in [-0.39, 0.29) is 0 Å². The van der Waals surface area contributed by atoms with Gasteiger partial charge in [0, 0.05) is 19.7 Å². The molecule has 0 spiro atoms. The Morgan fingerprint density at radius 3 is 3.13 bits per heavy atom. The summed E-state index contributed by atoms with van der Waals surface area (Å²) < 4.78 is 10.8. The average molecular weight is 213 g/mol. The molecule has 0 atom stereocenters. The lowest BCUT2D eigenvalue weighted by atomic mass is 10.2. The Morgan fingerprint density at radius 1 is 1.47 bits per heavy atom. The Balaban J connectivity index is 1.86. The Morgan fingerprint density at radius 2 is 2.40 bits per heavy atom. The minimum absolute atomic E-state index is 0.795. The molecule has 0 bridgehead atoms. The van der Waals surface area contributed by atoms with Crippen molar-refractivity contribution in [2.24, 2.45) is 0 Å². The molecule has 1 rings (SSSR count). The second-order valence-corrected chi connectivity index (χ2v) is 3.85. The number of hydrogen-bond acceptors (Lipinski definition) is 3. The Kier molecular flexibility index (Phi) is 7.52. The summed E-state index contributed by atoms with van der Waals surface area (Å²) in [6.45, 7) is 7.43. The maximum atomic E-state index is 5.45. The monoisotopic (exact) mass is 213 g/mol. The molecule has 0 aromatic heterocycles. The van der Waals surface area contributed by atoms with Crippen molar-refractivity contribution in [3.8, 4) is 0 Å². The molecule has 0 amide bonds. The highest BCUT2D eigenvalue weighted by molar-refractivity contribution is 5.06. The van der Waals surface area contributed by atoms with Crippen molar-refractivity contribution < 1.29 is 9.47 Å². The second kappa shape index (κ2) is 8.89. The highest BCUT2D eigenvalue weighted by Gasteiger charge is 2.02. The quantitative estimate of drug-likeness (QED) is 0.492. The van der Waals surface area contributed by atoms with E-state index >= 15 is 0 Å². The lowest BCUT2D eigenvalue weighted by molar-refractivity contribution is 0.131. The van der Waals surface area contributed by atoms with Crippen molar-refractivity contribution in [3.05, 3.63) is 11.6 Å². The molecule has 3 heteroatoms. The first-order valence-electron chi connectivity index (χ1n) is 5.97. The van der Waals surface area contributed by atoms with Gasteiger partial charge in [-0.15, -0.1) is 0 Å². The van der Waals surface area contributed by atoms with Crippen LogP contribution in [0.4, 0.5) is 0 Å². The predicted molar refractivity (Wildman–Crippen MR) is 62.1 cm³/mol. The first-order chi connectivity index (χ1) is 7.43. The summed E-state index contributed by atoms with van der Waals surface area (Å²) in [5, 5.41) is 3.36. The fraction of sp³-hybridized carbons (Fsp3) is 0.833. The summed E-state index contributed by atoms with van der Waals surface area (Å²) in [4.78, 5) is 0. The third kappa shape index (κ3) is 6.66. The zero-order chi connectivity index (χ0) is 10.8. The number of ether oxygens (including phenoxy) is 2. The molecule has 0 saturated carbocycles. The highest BCUT2D eigenvalue weighted by Crippen LogP contribution is 2.03. The van der Waals surface area contributed by atoms with E-state index in [1.54, 1.807) is 0 Å². The largest absolute Gasteiger partial charge is 0.380 e. The van der Waals surface area contributed by atoms with Crippen molar-refractivity contribution in [1.29, 1.82) is 0 Å². The minimum Gasteiger partial charge on any atom is -0.380 e. The highest BCUT2D eigenvalue weighted by atomic mass is 16.5. The summed E-state index contributed by atoms with van der Waals surface area (Å²) in [6, 6.07) is 0. The molecule has 0 fully saturated rings. The molecule has 15 heavy (non-hydrogen) atoms. The smallest absolute Gasteiger partial charge is 0.0689 e. The van der Waals surface area contributed by atoms with Crippen LogP contribution in [0.25, 0.3) is 0 Å². The van der Waals surface area contributed by atoms with Gasteiger partial charge in [-0.25, -0.2) is 0 Å². The zero-order valence-corrected chi connectivity index (χ0v) is 9.76. The lowest BCUT2D eigenvalue weighted by Crippen LogP contribution is -2.25.